The molecule has 0 radical (unpaired) electrons. The fourth-order valence-electron chi connectivity index (χ4n) is 4.12. The van der Waals surface area contributed by atoms with Crippen molar-refractivity contribution in [3.8, 4) is 0 Å². The second-order valence-electron chi connectivity index (χ2n) is 9.30. The van der Waals surface area contributed by atoms with E-state index >= 15 is 0 Å². The molecule has 0 saturated heterocycles. The number of nitrogens with one attached hydrogen (secondary N) is 2. The number of carbonyl (C=O) groups is 2. The highest BCUT2D eigenvalue weighted by molar-refractivity contribution is 6.33. The molecule has 0 aliphatic carbocycles. The number of amides is 3. The van der Waals surface area contributed by atoms with E-state index in [0.717, 1.165) is 5.56 Å². The first-order chi connectivity index (χ1) is 17.1. The SMILES string of the molecule is CN(C)C[C@@H](NC(=O)N1C=C2C(NC(=O)c3ccc([N+](=O)[O-])cc3)=NN=C2C1(C)C)c1ccccc1. The first-order valence-corrected chi connectivity index (χ1v) is 11.3. The summed E-state index contributed by atoms with van der Waals surface area (Å²) in [6.45, 7) is 4.32. The van der Waals surface area contributed by atoms with E-state index in [1.807, 2.05) is 63.2 Å². The number of carbonyl (C=O) groups excluding carboxylic acids is 2. The molecule has 0 saturated carbocycles. The van der Waals surface area contributed by atoms with Crippen LogP contribution in [0.3, 0.4) is 0 Å². The molecule has 11 nitrogen and oxygen atoms in total. The summed E-state index contributed by atoms with van der Waals surface area (Å²) in [5.74, 6) is -0.276. The number of nitrogens with zero attached hydrogens (tertiary/aromatic N) is 5. The number of hydrogen-bond donors (Lipinski definition) is 2. The quantitative estimate of drug-likeness (QED) is 0.475. The van der Waals surface area contributed by atoms with Gasteiger partial charge in [-0.15, -0.1) is 5.10 Å². The molecular weight excluding hydrogens is 462 g/mol. The smallest absolute Gasteiger partial charge is 0.322 e. The van der Waals surface area contributed by atoms with E-state index in [9.17, 15) is 19.7 Å². The third-order valence-corrected chi connectivity index (χ3v) is 6.04. The normalized spacial score (nSPS) is 16.6. The molecule has 2 N–H and O–H groups in total. The van der Waals surface area contributed by atoms with Gasteiger partial charge in [0.25, 0.3) is 11.6 Å². The number of non-ortho nitro benzene ring substituents is 1. The van der Waals surface area contributed by atoms with E-state index in [1.165, 1.54) is 24.3 Å². The Balaban J connectivity index is 1.51. The van der Waals surface area contributed by atoms with Crippen LogP contribution < -0.4 is 10.6 Å². The zero-order chi connectivity index (χ0) is 26.0. The minimum Gasteiger partial charge on any atom is -0.330 e. The highest BCUT2D eigenvalue weighted by Crippen LogP contribution is 2.33. The van der Waals surface area contributed by atoms with Crippen molar-refractivity contribution in [3.63, 3.8) is 0 Å². The molecule has 0 fully saturated rings. The Hall–Kier alpha value is -4.38. The monoisotopic (exact) mass is 489 g/mol. The van der Waals surface area contributed by atoms with Crippen molar-refractivity contribution in [2.75, 3.05) is 20.6 Å². The summed E-state index contributed by atoms with van der Waals surface area (Å²) in [7, 11) is 3.89. The number of urea groups is 1. The maximum Gasteiger partial charge on any atom is 0.322 e. The lowest BCUT2D eigenvalue weighted by atomic mass is 9.95. The molecule has 4 rings (SSSR count). The molecule has 0 aromatic heterocycles. The van der Waals surface area contributed by atoms with Crippen molar-refractivity contribution in [2.45, 2.75) is 25.4 Å². The predicted molar refractivity (Wildman–Crippen MR) is 136 cm³/mol. The van der Waals surface area contributed by atoms with Gasteiger partial charge in [-0.25, -0.2) is 4.79 Å². The lowest BCUT2D eigenvalue weighted by Gasteiger charge is -2.33. The molecule has 2 heterocycles. The van der Waals surface area contributed by atoms with Crippen LogP contribution in [0, 0.1) is 10.1 Å². The van der Waals surface area contributed by atoms with Gasteiger partial charge in [0.15, 0.2) is 5.84 Å². The molecule has 2 aromatic rings. The highest BCUT2D eigenvalue weighted by atomic mass is 16.6. The predicted octanol–water partition coefficient (Wildman–Crippen LogP) is 3.08. The van der Waals surface area contributed by atoms with Crippen molar-refractivity contribution < 1.29 is 14.5 Å². The molecule has 0 bridgehead atoms. The van der Waals surface area contributed by atoms with Crippen molar-refractivity contribution in [2.24, 2.45) is 10.2 Å². The van der Waals surface area contributed by atoms with Crippen LogP contribution in [0.25, 0.3) is 0 Å². The largest absolute Gasteiger partial charge is 0.330 e. The number of benzene rings is 2. The van der Waals surface area contributed by atoms with Crippen LogP contribution in [0.15, 0.2) is 76.6 Å². The minimum absolute atomic E-state index is 0.111. The summed E-state index contributed by atoms with van der Waals surface area (Å²) < 4.78 is 0. The Kier molecular flexibility index (Phi) is 6.67. The van der Waals surface area contributed by atoms with Crippen LogP contribution in [-0.4, -0.2) is 64.4 Å². The number of hydrogen-bond acceptors (Lipinski definition) is 7. The van der Waals surface area contributed by atoms with Gasteiger partial charge in [-0.3, -0.25) is 19.8 Å². The molecule has 0 unspecified atom stereocenters. The number of rotatable bonds is 6. The third kappa shape index (κ3) is 4.86. The molecule has 11 heteroatoms. The van der Waals surface area contributed by atoms with E-state index < -0.39 is 16.4 Å². The summed E-state index contributed by atoms with van der Waals surface area (Å²) in [5, 5.41) is 25.0. The van der Waals surface area contributed by atoms with Gasteiger partial charge in [-0.05, 0) is 45.6 Å². The Labute approximate surface area is 208 Å². The first kappa shape index (κ1) is 24.7. The van der Waals surface area contributed by atoms with E-state index in [4.69, 9.17) is 0 Å². The van der Waals surface area contributed by atoms with Crippen LogP contribution in [0.2, 0.25) is 0 Å². The molecule has 2 aromatic carbocycles. The van der Waals surface area contributed by atoms with Gasteiger partial charge in [-0.1, -0.05) is 30.3 Å². The average molecular weight is 490 g/mol. The van der Waals surface area contributed by atoms with Gasteiger partial charge in [0.2, 0.25) is 0 Å². The molecule has 3 amide bonds. The second-order valence-corrected chi connectivity index (χ2v) is 9.30. The highest BCUT2D eigenvalue weighted by Gasteiger charge is 2.46. The molecular formula is C25H27N7O4. The van der Waals surface area contributed by atoms with Crippen molar-refractivity contribution in [1.82, 2.24) is 20.4 Å². The Morgan fingerprint density at radius 3 is 2.36 bits per heavy atom. The standard InChI is InChI=1S/C25H27N7O4/c1-25(2)21-19(22(29-28-21)27-23(33)17-10-12-18(13-11-17)32(35)36)14-31(25)24(34)26-20(15-30(3)4)16-8-6-5-7-9-16/h5-14,20H,15H2,1-4H3,(H,26,34)(H,27,29,33)/t20-/m1/s1. The van der Waals surface area contributed by atoms with Crippen LogP contribution in [-0.2, 0) is 0 Å². The van der Waals surface area contributed by atoms with Gasteiger partial charge < -0.3 is 15.5 Å². The topological polar surface area (TPSA) is 133 Å². The lowest BCUT2D eigenvalue weighted by molar-refractivity contribution is -0.384. The third-order valence-electron chi connectivity index (χ3n) is 6.04. The number of fused-ring (bicyclic) bond motifs is 1. The molecule has 2 aliphatic rings. The van der Waals surface area contributed by atoms with Crippen LogP contribution >= 0.6 is 0 Å². The summed E-state index contributed by atoms with van der Waals surface area (Å²) >= 11 is 0. The van der Waals surface area contributed by atoms with Crippen molar-refractivity contribution >= 4 is 29.2 Å². The summed E-state index contributed by atoms with van der Waals surface area (Å²) in [6, 6.07) is 14.4. The second kappa shape index (κ2) is 9.70. The van der Waals surface area contributed by atoms with Crippen LogP contribution in [0.4, 0.5) is 10.5 Å². The van der Waals surface area contributed by atoms with Gasteiger partial charge in [0.05, 0.1) is 22.1 Å². The van der Waals surface area contributed by atoms with Gasteiger partial charge in [0, 0.05) is 30.4 Å². The maximum atomic E-state index is 13.4. The van der Waals surface area contributed by atoms with E-state index in [2.05, 4.69) is 20.8 Å². The number of amidine groups is 1. The van der Waals surface area contributed by atoms with E-state index in [-0.39, 0.29) is 29.2 Å². The van der Waals surface area contributed by atoms with E-state index in [0.29, 0.717) is 17.8 Å². The number of likely N-dealkylation sites (N-methyl/N-ethyl adjacent to an activating group) is 1. The number of nitro benzene ring substituents is 1. The van der Waals surface area contributed by atoms with Crippen LogP contribution in [0.1, 0.15) is 35.8 Å². The zero-order valence-electron chi connectivity index (χ0n) is 20.4. The van der Waals surface area contributed by atoms with E-state index in [1.54, 1.807) is 11.1 Å². The number of nitro groups is 1. The Morgan fingerprint density at radius 2 is 1.75 bits per heavy atom. The zero-order valence-corrected chi connectivity index (χ0v) is 20.4. The summed E-state index contributed by atoms with van der Waals surface area (Å²) in [6.07, 6.45) is 1.63. The molecule has 186 valence electrons. The summed E-state index contributed by atoms with van der Waals surface area (Å²) in [5.41, 5.74) is 1.40. The minimum atomic E-state index is -0.803. The molecule has 1 atom stereocenters. The summed E-state index contributed by atoms with van der Waals surface area (Å²) in [4.78, 5) is 40.0. The maximum absolute atomic E-state index is 13.4. The Morgan fingerprint density at radius 1 is 1.08 bits per heavy atom. The first-order valence-electron chi connectivity index (χ1n) is 11.3. The fraction of sp³-hybridized carbons (Fsp3) is 0.280. The lowest BCUT2D eigenvalue weighted by Crippen LogP contribution is -2.51. The van der Waals surface area contributed by atoms with Gasteiger partial charge >= 0.3 is 6.03 Å². The fourth-order valence-corrected chi connectivity index (χ4v) is 4.12. The molecule has 36 heavy (non-hydrogen) atoms. The molecule has 0 spiro atoms. The van der Waals surface area contributed by atoms with Crippen molar-refractivity contribution in [3.05, 3.63) is 87.6 Å². The Bertz CT molecular complexity index is 1280. The van der Waals surface area contributed by atoms with Crippen LogP contribution in [0.5, 0.6) is 0 Å². The van der Waals surface area contributed by atoms with Gasteiger partial charge in [0.1, 0.15) is 5.71 Å². The molecule has 2 aliphatic heterocycles. The average Bonchev–Trinajstić information content (AvgIpc) is 3.36. The van der Waals surface area contributed by atoms with Gasteiger partial charge in [-0.2, -0.15) is 5.10 Å². The van der Waals surface area contributed by atoms with Crippen molar-refractivity contribution in [1.29, 1.82) is 0 Å².